The zero-order chi connectivity index (χ0) is 11.4. The lowest BCUT2D eigenvalue weighted by Gasteiger charge is -2.12. The molecule has 1 amide bonds. The van der Waals surface area contributed by atoms with E-state index in [-0.39, 0.29) is 12.1 Å². The average Bonchev–Trinajstić information content (AvgIpc) is 2.14. The van der Waals surface area contributed by atoms with Gasteiger partial charge in [-0.1, -0.05) is 6.07 Å². The van der Waals surface area contributed by atoms with Crippen molar-refractivity contribution in [3.05, 3.63) is 35.4 Å². The van der Waals surface area contributed by atoms with Crippen LogP contribution in [0.1, 0.15) is 11.6 Å². The molecule has 0 aliphatic carbocycles. The van der Waals surface area contributed by atoms with Gasteiger partial charge in [-0.2, -0.15) is 0 Å². The minimum Gasteiger partial charge on any atom is -0.465 e. The zero-order valence-electron chi connectivity index (χ0n) is 7.71. The summed E-state index contributed by atoms with van der Waals surface area (Å²) in [6.45, 7) is -0.127. The van der Waals surface area contributed by atoms with E-state index in [0.29, 0.717) is 6.07 Å². The SMILES string of the molecule is NC(CNC(=O)O)c1ccc(F)cc1F. The summed E-state index contributed by atoms with van der Waals surface area (Å²) < 4.78 is 25.7. The molecule has 0 saturated carbocycles. The smallest absolute Gasteiger partial charge is 0.404 e. The quantitative estimate of drug-likeness (QED) is 0.711. The van der Waals surface area contributed by atoms with Crippen LogP contribution in [0.15, 0.2) is 18.2 Å². The molecule has 6 heteroatoms. The maximum absolute atomic E-state index is 13.1. The first-order chi connectivity index (χ1) is 7.00. The molecule has 1 aromatic rings. The van der Waals surface area contributed by atoms with E-state index in [9.17, 15) is 13.6 Å². The van der Waals surface area contributed by atoms with Crippen molar-refractivity contribution in [2.45, 2.75) is 6.04 Å². The molecule has 0 fully saturated rings. The molecule has 0 bridgehead atoms. The third kappa shape index (κ3) is 3.17. The Bertz CT molecular complexity index is 371. The minimum atomic E-state index is -1.24. The number of halogens is 2. The monoisotopic (exact) mass is 216 g/mol. The van der Waals surface area contributed by atoms with Crippen LogP contribution in [-0.4, -0.2) is 17.7 Å². The Morgan fingerprint density at radius 2 is 2.20 bits per heavy atom. The van der Waals surface area contributed by atoms with Crippen molar-refractivity contribution in [1.29, 1.82) is 0 Å². The Morgan fingerprint density at radius 3 is 2.73 bits per heavy atom. The van der Waals surface area contributed by atoms with Gasteiger partial charge in [0.1, 0.15) is 11.6 Å². The molecule has 1 rings (SSSR count). The summed E-state index contributed by atoms with van der Waals surface area (Å²) in [4.78, 5) is 10.2. The summed E-state index contributed by atoms with van der Waals surface area (Å²) in [5, 5.41) is 10.3. The first kappa shape index (κ1) is 11.4. The van der Waals surface area contributed by atoms with E-state index < -0.39 is 23.8 Å². The third-order valence-corrected chi connectivity index (χ3v) is 1.84. The Balaban J connectivity index is 2.73. The molecule has 4 N–H and O–H groups in total. The molecular formula is C9H10F2N2O2. The van der Waals surface area contributed by atoms with E-state index in [1.807, 2.05) is 5.32 Å². The summed E-state index contributed by atoms with van der Waals surface area (Å²) in [7, 11) is 0. The molecule has 0 heterocycles. The number of hydrogen-bond donors (Lipinski definition) is 3. The summed E-state index contributed by atoms with van der Waals surface area (Å²) in [6, 6.07) is 2.13. The predicted octanol–water partition coefficient (Wildman–Crippen LogP) is 1.23. The van der Waals surface area contributed by atoms with Gasteiger partial charge in [-0.15, -0.1) is 0 Å². The lowest BCUT2D eigenvalue weighted by molar-refractivity contribution is 0.193. The highest BCUT2D eigenvalue weighted by atomic mass is 19.1. The molecule has 0 spiro atoms. The van der Waals surface area contributed by atoms with Gasteiger partial charge >= 0.3 is 6.09 Å². The fraction of sp³-hybridized carbons (Fsp3) is 0.222. The number of carbonyl (C=O) groups is 1. The Kier molecular flexibility index (Phi) is 3.56. The highest BCUT2D eigenvalue weighted by molar-refractivity contribution is 5.64. The minimum absolute atomic E-state index is 0.0742. The van der Waals surface area contributed by atoms with Crippen LogP contribution in [0.4, 0.5) is 13.6 Å². The van der Waals surface area contributed by atoms with Gasteiger partial charge in [-0.3, -0.25) is 0 Å². The van der Waals surface area contributed by atoms with Crippen LogP contribution >= 0.6 is 0 Å². The van der Waals surface area contributed by atoms with Crippen LogP contribution in [0.5, 0.6) is 0 Å². The largest absolute Gasteiger partial charge is 0.465 e. The van der Waals surface area contributed by atoms with Gasteiger partial charge in [0.05, 0.1) is 6.04 Å². The molecular weight excluding hydrogens is 206 g/mol. The number of nitrogens with one attached hydrogen (secondary N) is 1. The summed E-state index contributed by atoms with van der Waals surface area (Å²) in [5.41, 5.74) is 5.58. The topological polar surface area (TPSA) is 75.3 Å². The molecule has 1 unspecified atom stereocenters. The zero-order valence-corrected chi connectivity index (χ0v) is 7.71. The number of benzene rings is 1. The van der Waals surface area contributed by atoms with Gasteiger partial charge in [-0.25, -0.2) is 13.6 Å². The van der Waals surface area contributed by atoms with Gasteiger partial charge < -0.3 is 16.2 Å². The van der Waals surface area contributed by atoms with E-state index in [0.717, 1.165) is 6.07 Å². The number of carboxylic acid groups (broad SMARTS) is 1. The molecule has 1 atom stereocenters. The predicted molar refractivity (Wildman–Crippen MR) is 49.3 cm³/mol. The summed E-state index contributed by atoms with van der Waals surface area (Å²) in [6.07, 6.45) is -1.24. The number of nitrogens with two attached hydrogens (primary N) is 1. The van der Waals surface area contributed by atoms with Crippen molar-refractivity contribution in [3.8, 4) is 0 Å². The lowest BCUT2D eigenvalue weighted by atomic mass is 10.1. The highest BCUT2D eigenvalue weighted by Crippen LogP contribution is 2.15. The van der Waals surface area contributed by atoms with Crippen LogP contribution < -0.4 is 11.1 Å². The first-order valence-electron chi connectivity index (χ1n) is 4.18. The fourth-order valence-corrected chi connectivity index (χ4v) is 1.11. The van der Waals surface area contributed by atoms with E-state index in [4.69, 9.17) is 10.8 Å². The van der Waals surface area contributed by atoms with Gasteiger partial charge in [0.25, 0.3) is 0 Å². The maximum Gasteiger partial charge on any atom is 0.404 e. The standard InChI is InChI=1S/C9H10F2N2O2/c10-5-1-2-6(7(11)3-5)8(12)4-13-9(14)15/h1-3,8,13H,4,12H2,(H,14,15). The van der Waals surface area contributed by atoms with Crippen molar-refractivity contribution in [1.82, 2.24) is 5.32 Å². The normalized spacial score (nSPS) is 12.2. The van der Waals surface area contributed by atoms with E-state index >= 15 is 0 Å². The number of rotatable bonds is 3. The Hall–Kier alpha value is -1.69. The van der Waals surface area contributed by atoms with E-state index in [1.165, 1.54) is 6.07 Å². The van der Waals surface area contributed by atoms with E-state index in [2.05, 4.69) is 0 Å². The van der Waals surface area contributed by atoms with Crippen LogP contribution in [0, 0.1) is 11.6 Å². The second-order valence-corrected chi connectivity index (χ2v) is 2.96. The summed E-state index contributed by atoms with van der Waals surface area (Å²) >= 11 is 0. The molecule has 82 valence electrons. The molecule has 0 aliphatic heterocycles. The molecule has 1 aromatic carbocycles. The van der Waals surface area contributed by atoms with Crippen LogP contribution in [0.25, 0.3) is 0 Å². The van der Waals surface area contributed by atoms with Crippen molar-refractivity contribution < 1.29 is 18.7 Å². The lowest BCUT2D eigenvalue weighted by Crippen LogP contribution is -2.31. The van der Waals surface area contributed by atoms with Crippen molar-refractivity contribution >= 4 is 6.09 Å². The highest BCUT2D eigenvalue weighted by Gasteiger charge is 2.12. The van der Waals surface area contributed by atoms with Crippen molar-refractivity contribution in [3.63, 3.8) is 0 Å². The van der Waals surface area contributed by atoms with Crippen LogP contribution in [-0.2, 0) is 0 Å². The fourth-order valence-electron chi connectivity index (χ4n) is 1.11. The Morgan fingerprint density at radius 1 is 1.53 bits per heavy atom. The first-order valence-corrected chi connectivity index (χ1v) is 4.18. The maximum atomic E-state index is 13.1. The summed E-state index contributed by atoms with van der Waals surface area (Å²) in [5.74, 6) is -1.48. The van der Waals surface area contributed by atoms with Crippen LogP contribution in [0.3, 0.4) is 0 Å². The number of amides is 1. The molecule has 0 aromatic heterocycles. The van der Waals surface area contributed by atoms with Crippen molar-refractivity contribution in [2.75, 3.05) is 6.54 Å². The van der Waals surface area contributed by atoms with Crippen LogP contribution in [0.2, 0.25) is 0 Å². The average molecular weight is 216 g/mol. The third-order valence-electron chi connectivity index (χ3n) is 1.84. The molecule has 0 aliphatic rings. The van der Waals surface area contributed by atoms with E-state index in [1.54, 1.807) is 0 Å². The molecule has 15 heavy (non-hydrogen) atoms. The molecule has 4 nitrogen and oxygen atoms in total. The van der Waals surface area contributed by atoms with Gasteiger partial charge in [-0.05, 0) is 6.07 Å². The Labute approximate surface area is 84.7 Å². The van der Waals surface area contributed by atoms with Gasteiger partial charge in [0, 0.05) is 18.2 Å². The van der Waals surface area contributed by atoms with Gasteiger partial charge in [0.15, 0.2) is 0 Å². The number of hydrogen-bond acceptors (Lipinski definition) is 2. The second kappa shape index (κ2) is 4.70. The molecule has 0 saturated heterocycles. The van der Waals surface area contributed by atoms with Gasteiger partial charge in [0.2, 0.25) is 0 Å². The molecule has 0 radical (unpaired) electrons. The van der Waals surface area contributed by atoms with Crippen molar-refractivity contribution in [2.24, 2.45) is 5.73 Å². The second-order valence-electron chi connectivity index (χ2n) is 2.96.